The van der Waals surface area contributed by atoms with Gasteiger partial charge in [-0.05, 0) is 56.4 Å². The minimum absolute atomic E-state index is 0.919. The topological polar surface area (TPSA) is 24.1 Å². The first-order valence-electron chi connectivity index (χ1n) is 8.17. The molecule has 0 radical (unpaired) electrons. The Balaban J connectivity index is 1.96. The minimum atomic E-state index is 0.919. The molecule has 2 aromatic rings. The van der Waals surface area contributed by atoms with Crippen LogP contribution in [0.3, 0.4) is 0 Å². The Hall–Kier alpha value is -1.96. The molecule has 0 fully saturated rings. The number of hydrogen-bond donors (Lipinski definition) is 2. The van der Waals surface area contributed by atoms with Crippen LogP contribution in [0.15, 0.2) is 30.3 Å². The van der Waals surface area contributed by atoms with Crippen LogP contribution in [0.4, 0.5) is 11.4 Å². The van der Waals surface area contributed by atoms with E-state index in [9.17, 15) is 0 Å². The molecule has 2 aromatic carbocycles. The van der Waals surface area contributed by atoms with E-state index in [4.69, 9.17) is 0 Å². The van der Waals surface area contributed by atoms with Gasteiger partial charge in [-0.2, -0.15) is 0 Å². The molecule has 0 saturated heterocycles. The van der Waals surface area contributed by atoms with Gasteiger partial charge in [0.05, 0.1) is 0 Å². The molecule has 0 atom stereocenters. The van der Waals surface area contributed by atoms with E-state index in [2.05, 4.69) is 75.6 Å². The molecule has 0 unspecified atom stereocenters. The molecule has 0 aromatic heterocycles. The van der Waals surface area contributed by atoms with E-state index < -0.39 is 0 Å². The zero-order valence-corrected chi connectivity index (χ0v) is 14.5. The number of para-hydroxylation sites is 1. The van der Waals surface area contributed by atoms with Crippen LogP contribution >= 0.6 is 0 Å². The zero-order chi connectivity index (χ0) is 16.1. The maximum atomic E-state index is 3.59. The fourth-order valence-corrected chi connectivity index (χ4v) is 3.11. The van der Waals surface area contributed by atoms with Gasteiger partial charge in [0.2, 0.25) is 0 Å². The second kappa shape index (κ2) is 7.35. The summed E-state index contributed by atoms with van der Waals surface area (Å²) < 4.78 is 0. The highest BCUT2D eigenvalue weighted by molar-refractivity contribution is 5.59. The molecule has 0 aliphatic rings. The third kappa shape index (κ3) is 3.82. The number of nitrogens with one attached hydrogen (secondary N) is 2. The highest BCUT2D eigenvalue weighted by Gasteiger charge is 2.05. The van der Waals surface area contributed by atoms with Crippen molar-refractivity contribution in [2.45, 2.75) is 41.0 Å². The van der Waals surface area contributed by atoms with E-state index in [-0.39, 0.29) is 0 Å². The molecule has 0 spiro atoms. The molecule has 0 amide bonds. The summed E-state index contributed by atoms with van der Waals surface area (Å²) in [7, 11) is 0. The molecular formula is C20H28N2. The summed E-state index contributed by atoms with van der Waals surface area (Å²) >= 11 is 0. The number of rotatable bonds is 6. The van der Waals surface area contributed by atoms with E-state index in [1.54, 1.807) is 0 Å². The predicted molar refractivity (Wildman–Crippen MR) is 98.2 cm³/mol. The Kier molecular flexibility index (Phi) is 5.48. The maximum absolute atomic E-state index is 3.59. The minimum Gasteiger partial charge on any atom is -0.383 e. The molecule has 0 saturated carbocycles. The van der Waals surface area contributed by atoms with Gasteiger partial charge < -0.3 is 10.6 Å². The van der Waals surface area contributed by atoms with E-state index in [0.29, 0.717) is 0 Å². The monoisotopic (exact) mass is 296 g/mol. The zero-order valence-electron chi connectivity index (χ0n) is 14.5. The highest BCUT2D eigenvalue weighted by atomic mass is 15.0. The maximum Gasteiger partial charge on any atom is 0.0402 e. The van der Waals surface area contributed by atoms with Gasteiger partial charge in [-0.3, -0.25) is 0 Å². The second-order valence-corrected chi connectivity index (χ2v) is 6.09. The number of aryl methyl sites for hydroxylation is 5. The Morgan fingerprint density at radius 3 is 1.95 bits per heavy atom. The third-order valence-corrected chi connectivity index (χ3v) is 4.15. The standard InChI is InChI=1S/C20H28N2/c1-6-18-9-7-8-15(3)20(18)22-11-10-21-19-16(4)12-14(2)13-17(19)5/h7-9,12-13,21-22H,6,10-11H2,1-5H3. The van der Waals surface area contributed by atoms with Gasteiger partial charge in [0.15, 0.2) is 0 Å². The molecule has 2 rings (SSSR count). The first-order valence-corrected chi connectivity index (χ1v) is 8.17. The summed E-state index contributed by atoms with van der Waals surface area (Å²) in [5.74, 6) is 0. The van der Waals surface area contributed by atoms with Gasteiger partial charge in [-0.15, -0.1) is 0 Å². The smallest absolute Gasteiger partial charge is 0.0402 e. The van der Waals surface area contributed by atoms with Crippen molar-refractivity contribution in [3.05, 3.63) is 58.1 Å². The van der Waals surface area contributed by atoms with Crippen molar-refractivity contribution in [2.75, 3.05) is 23.7 Å². The van der Waals surface area contributed by atoms with E-state index in [1.165, 1.54) is 39.2 Å². The predicted octanol–water partition coefficient (Wildman–Crippen LogP) is 5.01. The normalized spacial score (nSPS) is 10.6. The van der Waals surface area contributed by atoms with Crippen molar-refractivity contribution in [2.24, 2.45) is 0 Å². The van der Waals surface area contributed by atoms with Crippen LogP contribution in [-0.4, -0.2) is 13.1 Å². The lowest BCUT2D eigenvalue weighted by Gasteiger charge is -2.17. The molecule has 0 bridgehead atoms. The fourth-order valence-electron chi connectivity index (χ4n) is 3.11. The van der Waals surface area contributed by atoms with Crippen LogP contribution in [0.25, 0.3) is 0 Å². The summed E-state index contributed by atoms with van der Waals surface area (Å²) in [6, 6.07) is 11.0. The van der Waals surface area contributed by atoms with Crippen LogP contribution in [0.5, 0.6) is 0 Å². The molecule has 22 heavy (non-hydrogen) atoms. The Morgan fingerprint density at radius 2 is 1.36 bits per heavy atom. The Labute approximate surface area is 135 Å². The van der Waals surface area contributed by atoms with Crippen molar-refractivity contribution in [1.82, 2.24) is 0 Å². The summed E-state index contributed by atoms with van der Waals surface area (Å²) in [5, 5.41) is 7.16. The third-order valence-electron chi connectivity index (χ3n) is 4.15. The molecule has 2 heteroatoms. The van der Waals surface area contributed by atoms with Crippen LogP contribution < -0.4 is 10.6 Å². The summed E-state index contributed by atoms with van der Waals surface area (Å²) in [5.41, 5.74) is 9.25. The van der Waals surface area contributed by atoms with Crippen LogP contribution in [0.1, 0.15) is 34.7 Å². The lowest BCUT2D eigenvalue weighted by atomic mass is 10.0. The van der Waals surface area contributed by atoms with Gasteiger partial charge in [-0.1, -0.05) is 42.8 Å². The number of anilines is 2. The summed E-state index contributed by atoms with van der Waals surface area (Å²) in [4.78, 5) is 0. The number of benzene rings is 2. The lowest BCUT2D eigenvalue weighted by molar-refractivity contribution is 1.04. The average Bonchev–Trinajstić information content (AvgIpc) is 2.46. The van der Waals surface area contributed by atoms with Gasteiger partial charge in [0.1, 0.15) is 0 Å². The van der Waals surface area contributed by atoms with Gasteiger partial charge >= 0.3 is 0 Å². The Bertz CT molecular complexity index is 621. The van der Waals surface area contributed by atoms with Gasteiger partial charge in [-0.25, -0.2) is 0 Å². The van der Waals surface area contributed by atoms with Gasteiger partial charge in [0.25, 0.3) is 0 Å². The van der Waals surface area contributed by atoms with Gasteiger partial charge in [0, 0.05) is 24.5 Å². The molecule has 2 N–H and O–H groups in total. The first kappa shape index (κ1) is 16.4. The fraction of sp³-hybridized carbons (Fsp3) is 0.400. The molecule has 0 aliphatic carbocycles. The van der Waals surface area contributed by atoms with Crippen molar-refractivity contribution < 1.29 is 0 Å². The first-order chi connectivity index (χ1) is 10.5. The lowest BCUT2D eigenvalue weighted by Crippen LogP contribution is -2.16. The molecule has 118 valence electrons. The summed E-state index contributed by atoms with van der Waals surface area (Å²) in [6.45, 7) is 12.7. The quantitative estimate of drug-likeness (QED) is 0.732. The SMILES string of the molecule is CCc1cccc(C)c1NCCNc1c(C)cc(C)cc1C. The van der Waals surface area contributed by atoms with E-state index in [1.807, 2.05) is 0 Å². The Morgan fingerprint density at radius 1 is 0.773 bits per heavy atom. The van der Waals surface area contributed by atoms with Crippen LogP contribution in [0.2, 0.25) is 0 Å². The highest BCUT2D eigenvalue weighted by Crippen LogP contribution is 2.22. The number of hydrogen-bond acceptors (Lipinski definition) is 2. The largest absolute Gasteiger partial charge is 0.383 e. The van der Waals surface area contributed by atoms with Crippen molar-refractivity contribution in [3.63, 3.8) is 0 Å². The van der Waals surface area contributed by atoms with Crippen molar-refractivity contribution >= 4 is 11.4 Å². The van der Waals surface area contributed by atoms with Crippen LogP contribution in [-0.2, 0) is 6.42 Å². The van der Waals surface area contributed by atoms with Crippen LogP contribution in [0, 0.1) is 27.7 Å². The molecule has 0 aliphatic heterocycles. The van der Waals surface area contributed by atoms with Crippen molar-refractivity contribution in [3.8, 4) is 0 Å². The average molecular weight is 296 g/mol. The van der Waals surface area contributed by atoms with E-state index in [0.717, 1.165) is 19.5 Å². The summed E-state index contributed by atoms with van der Waals surface area (Å²) in [6.07, 6.45) is 1.06. The molecular weight excluding hydrogens is 268 g/mol. The van der Waals surface area contributed by atoms with E-state index >= 15 is 0 Å². The molecule has 2 nitrogen and oxygen atoms in total. The van der Waals surface area contributed by atoms with Crippen molar-refractivity contribution in [1.29, 1.82) is 0 Å². The molecule has 0 heterocycles. The second-order valence-electron chi connectivity index (χ2n) is 6.09.